The van der Waals surface area contributed by atoms with Crippen LogP contribution in [0.2, 0.25) is 5.02 Å². The maximum atomic E-state index is 12.1. The number of nitrogens with zero attached hydrogens (tertiary/aromatic N) is 2. The Kier molecular flexibility index (Phi) is 6.50. The summed E-state index contributed by atoms with van der Waals surface area (Å²) < 4.78 is 0. The van der Waals surface area contributed by atoms with Crippen LogP contribution in [0, 0.1) is 0 Å². The van der Waals surface area contributed by atoms with E-state index in [0.717, 1.165) is 5.75 Å². The Morgan fingerprint density at radius 1 is 1.17 bits per heavy atom. The van der Waals surface area contributed by atoms with Gasteiger partial charge in [-0.3, -0.25) is 0 Å². The van der Waals surface area contributed by atoms with Gasteiger partial charge in [-0.05, 0) is 23.8 Å². The smallest absolute Gasteiger partial charge is 0.347 e. The molecular formula is C17H18ClN3OS. The lowest BCUT2D eigenvalue weighted by Gasteiger charge is -2.14. The summed E-state index contributed by atoms with van der Waals surface area (Å²) in [6.45, 7) is 0. The largest absolute Gasteiger partial charge is 0.357 e. The number of amides is 2. The van der Waals surface area contributed by atoms with Crippen LogP contribution >= 0.6 is 23.4 Å². The van der Waals surface area contributed by atoms with Crippen molar-refractivity contribution in [2.75, 3.05) is 19.4 Å². The molecule has 2 amide bonds. The number of halogens is 1. The fourth-order valence-corrected chi connectivity index (χ4v) is 2.87. The first kappa shape index (κ1) is 17.4. The van der Waals surface area contributed by atoms with E-state index in [2.05, 4.69) is 10.3 Å². The lowest BCUT2D eigenvalue weighted by atomic mass is 10.2. The van der Waals surface area contributed by atoms with Crippen molar-refractivity contribution < 1.29 is 4.79 Å². The normalized spacial score (nSPS) is 11.2. The van der Waals surface area contributed by atoms with Gasteiger partial charge in [-0.15, -0.1) is 0 Å². The quantitative estimate of drug-likeness (QED) is 0.645. The molecule has 0 aliphatic heterocycles. The summed E-state index contributed by atoms with van der Waals surface area (Å²) in [6.07, 6.45) is 0. The van der Waals surface area contributed by atoms with Gasteiger partial charge in [0.1, 0.15) is 0 Å². The molecule has 0 aromatic heterocycles. The van der Waals surface area contributed by atoms with E-state index in [0.29, 0.717) is 15.9 Å². The summed E-state index contributed by atoms with van der Waals surface area (Å²) in [4.78, 5) is 18.0. The third-order valence-electron chi connectivity index (χ3n) is 2.87. The van der Waals surface area contributed by atoms with Gasteiger partial charge in [0, 0.05) is 30.6 Å². The Hall–Kier alpha value is -1.98. The van der Waals surface area contributed by atoms with E-state index in [9.17, 15) is 4.79 Å². The number of nitrogens with one attached hydrogen (secondary N) is 1. The Bertz CT molecular complexity index is 689. The average Bonchev–Trinajstić information content (AvgIpc) is 2.52. The Balaban J connectivity index is 2.01. The highest BCUT2D eigenvalue weighted by molar-refractivity contribution is 8.13. The zero-order chi connectivity index (χ0) is 16.7. The standard InChI is InChI=1S/C17H18ClN3OS/c1-21(2)17(23-12-13-7-4-3-5-8-13)20-16(22)19-15-10-6-9-14(18)11-15/h3-11H,12H2,1-2H3,(H,19,22)/b20-17+. The average molecular weight is 348 g/mol. The van der Waals surface area contributed by atoms with Gasteiger partial charge in [-0.1, -0.05) is 59.8 Å². The molecule has 1 N–H and O–H groups in total. The van der Waals surface area contributed by atoms with E-state index in [1.165, 1.54) is 17.3 Å². The van der Waals surface area contributed by atoms with Crippen LogP contribution in [-0.2, 0) is 5.75 Å². The molecule has 6 heteroatoms. The molecule has 0 saturated heterocycles. The van der Waals surface area contributed by atoms with Crippen LogP contribution in [0.5, 0.6) is 0 Å². The zero-order valence-corrected chi connectivity index (χ0v) is 14.6. The van der Waals surface area contributed by atoms with Crippen molar-refractivity contribution in [1.82, 2.24) is 4.90 Å². The van der Waals surface area contributed by atoms with Crippen LogP contribution in [0.25, 0.3) is 0 Å². The van der Waals surface area contributed by atoms with Crippen LogP contribution in [0.15, 0.2) is 59.6 Å². The van der Waals surface area contributed by atoms with Crippen LogP contribution in [-0.4, -0.2) is 30.2 Å². The van der Waals surface area contributed by atoms with Crippen LogP contribution < -0.4 is 5.32 Å². The van der Waals surface area contributed by atoms with Crippen molar-refractivity contribution in [1.29, 1.82) is 0 Å². The first-order chi connectivity index (χ1) is 11.0. The Morgan fingerprint density at radius 2 is 1.91 bits per heavy atom. The summed E-state index contributed by atoms with van der Waals surface area (Å²) >= 11 is 7.42. The third-order valence-corrected chi connectivity index (χ3v) is 4.29. The predicted octanol–water partition coefficient (Wildman–Crippen LogP) is 4.72. The maximum Gasteiger partial charge on any atom is 0.347 e. The molecule has 0 bridgehead atoms. The molecule has 23 heavy (non-hydrogen) atoms. The number of aliphatic imine (C=N–C) groups is 1. The van der Waals surface area contributed by atoms with Gasteiger partial charge >= 0.3 is 6.03 Å². The number of amidine groups is 1. The second-order valence-electron chi connectivity index (χ2n) is 5.00. The number of benzene rings is 2. The van der Waals surface area contributed by atoms with E-state index in [-0.39, 0.29) is 0 Å². The molecule has 2 aromatic rings. The number of hydrogen-bond acceptors (Lipinski definition) is 2. The van der Waals surface area contributed by atoms with E-state index in [4.69, 9.17) is 11.6 Å². The number of carbonyl (C=O) groups excluding carboxylic acids is 1. The van der Waals surface area contributed by atoms with Crippen molar-refractivity contribution in [2.45, 2.75) is 5.75 Å². The molecule has 0 unspecified atom stereocenters. The minimum absolute atomic E-state index is 0.420. The summed E-state index contributed by atoms with van der Waals surface area (Å²) in [5.41, 5.74) is 1.81. The van der Waals surface area contributed by atoms with Crippen LogP contribution in [0.3, 0.4) is 0 Å². The van der Waals surface area contributed by atoms with Gasteiger partial charge in [0.15, 0.2) is 5.17 Å². The minimum atomic E-state index is -0.420. The lowest BCUT2D eigenvalue weighted by molar-refractivity contribution is 0.259. The monoisotopic (exact) mass is 347 g/mol. The highest BCUT2D eigenvalue weighted by Gasteiger charge is 2.08. The summed E-state index contributed by atoms with van der Waals surface area (Å²) in [7, 11) is 3.73. The highest BCUT2D eigenvalue weighted by atomic mass is 35.5. The molecule has 0 heterocycles. The molecule has 0 aliphatic carbocycles. The number of urea groups is 1. The lowest BCUT2D eigenvalue weighted by Crippen LogP contribution is -2.21. The van der Waals surface area contributed by atoms with E-state index < -0.39 is 6.03 Å². The fraction of sp³-hybridized carbons (Fsp3) is 0.176. The molecule has 4 nitrogen and oxygen atoms in total. The third kappa shape index (κ3) is 5.96. The predicted molar refractivity (Wildman–Crippen MR) is 99.3 cm³/mol. The van der Waals surface area contributed by atoms with E-state index in [1.807, 2.05) is 49.3 Å². The van der Waals surface area contributed by atoms with Crippen molar-refractivity contribution in [2.24, 2.45) is 4.99 Å². The Labute approximate surface area is 145 Å². The topological polar surface area (TPSA) is 44.7 Å². The SMILES string of the molecule is CN(C)/C(=N\C(=O)Nc1cccc(Cl)c1)SCc1ccccc1. The van der Waals surface area contributed by atoms with Crippen molar-refractivity contribution in [3.05, 3.63) is 65.2 Å². The highest BCUT2D eigenvalue weighted by Crippen LogP contribution is 2.17. The first-order valence-corrected chi connectivity index (χ1v) is 8.40. The van der Waals surface area contributed by atoms with Crippen LogP contribution in [0.4, 0.5) is 10.5 Å². The molecule has 120 valence electrons. The number of hydrogen-bond donors (Lipinski definition) is 1. The number of rotatable bonds is 3. The first-order valence-electron chi connectivity index (χ1n) is 7.04. The van der Waals surface area contributed by atoms with Crippen molar-refractivity contribution in [3.63, 3.8) is 0 Å². The van der Waals surface area contributed by atoms with Gasteiger partial charge in [0.2, 0.25) is 0 Å². The molecule has 0 saturated carbocycles. The van der Waals surface area contributed by atoms with Gasteiger partial charge in [-0.2, -0.15) is 4.99 Å². The van der Waals surface area contributed by atoms with Crippen molar-refractivity contribution in [3.8, 4) is 0 Å². The molecule has 0 atom stereocenters. The summed E-state index contributed by atoms with van der Waals surface area (Å²) in [6, 6.07) is 16.6. The molecule has 2 aromatic carbocycles. The van der Waals surface area contributed by atoms with Crippen LogP contribution in [0.1, 0.15) is 5.56 Å². The maximum absolute atomic E-state index is 12.1. The number of carbonyl (C=O) groups is 1. The summed E-state index contributed by atoms with van der Waals surface area (Å²) in [5, 5.41) is 3.93. The number of thioether (sulfide) groups is 1. The van der Waals surface area contributed by atoms with E-state index in [1.54, 1.807) is 24.3 Å². The summed E-state index contributed by atoms with van der Waals surface area (Å²) in [5.74, 6) is 0.752. The number of anilines is 1. The van der Waals surface area contributed by atoms with Crippen molar-refractivity contribution >= 4 is 40.2 Å². The van der Waals surface area contributed by atoms with Gasteiger partial charge in [-0.25, -0.2) is 4.79 Å². The molecule has 0 aliphatic rings. The Morgan fingerprint density at radius 3 is 2.57 bits per heavy atom. The molecule has 0 spiro atoms. The fourth-order valence-electron chi connectivity index (χ4n) is 1.79. The van der Waals surface area contributed by atoms with Gasteiger partial charge in [0.25, 0.3) is 0 Å². The van der Waals surface area contributed by atoms with Gasteiger partial charge < -0.3 is 10.2 Å². The van der Waals surface area contributed by atoms with E-state index >= 15 is 0 Å². The minimum Gasteiger partial charge on any atom is -0.357 e. The second kappa shape index (κ2) is 8.60. The molecule has 0 fully saturated rings. The molecule has 2 rings (SSSR count). The van der Waals surface area contributed by atoms with Gasteiger partial charge in [0.05, 0.1) is 0 Å². The zero-order valence-electron chi connectivity index (χ0n) is 13.0. The second-order valence-corrected chi connectivity index (χ2v) is 6.38. The molecule has 0 radical (unpaired) electrons. The molecular weight excluding hydrogens is 330 g/mol.